The number of likely N-dealkylation sites (tertiary alicyclic amines) is 1. The number of rotatable bonds is 8. The van der Waals surface area contributed by atoms with Gasteiger partial charge in [-0.25, -0.2) is 0 Å². The van der Waals surface area contributed by atoms with Crippen LogP contribution in [-0.4, -0.2) is 55.0 Å². The van der Waals surface area contributed by atoms with Crippen molar-refractivity contribution in [2.45, 2.75) is 25.4 Å². The Labute approximate surface area is 203 Å². The fourth-order valence-corrected chi connectivity index (χ4v) is 3.71. The summed E-state index contributed by atoms with van der Waals surface area (Å²) in [6, 6.07) is 9.56. The molecular weight excluding hydrogens is 464 g/mol. The molecule has 184 valence electrons. The fraction of sp³-hybridized carbons (Fsp3) is 0.364. The zero-order valence-corrected chi connectivity index (χ0v) is 19.8. The van der Waals surface area contributed by atoms with E-state index in [9.17, 15) is 14.9 Å². The molecular formula is C22H29ClN6O5. The van der Waals surface area contributed by atoms with Gasteiger partial charge in [-0.15, -0.1) is 12.4 Å². The molecule has 34 heavy (non-hydrogen) atoms. The van der Waals surface area contributed by atoms with Crippen molar-refractivity contribution in [3.05, 3.63) is 57.6 Å². The first-order valence-electron chi connectivity index (χ1n) is 10.5. The monoisotopic (exact) mass is 492 g/mol. The van der Waals surface area contributed by atoms with Gasteiger partial charge in [-0.2, -0.15) is 0 Å². The summed E-state index contributed by atoms with van der Waals surface area (Å²) in [7, 11) is 3.07. The lowest BCUT2D eigenvalue weighted by atomic mass is 10.0. The third-order valence-electron chi connectivity index (χ3n) is 5.55. The second kappa shape index (κ2) is 11.9. The number of piperidine rings is 1. The van der Waals surface area contributed by atoms with Crippen molar-refractivity contribution in [2.75, 3.05) is 32.6 Å². The third-order valence-corrected chi connectivity index (χ3v) is 5.55. The minimum Gasteiger partial charge on any atom is -0.493 e. The molecule has 5 N–H and O–H groups in total. The molecule has 1 saturated heterocycles. The molecule has 0 atom stereocenters. The molecule has 1 fully saturated rings. The van der Waals surface area contributed by atoms with E-state index in [1.807, 2.05) is 0 Å². The summed E-state index contributed by atoms with van der Waals surface area (Å²) in [4.78, 5) is 25.5. The minimum absolute atomic E-state index is 0. The van der Waals surface area contributed by atoms with E-state index in [1.54, 1.807) is 36.3 Å². The zero-order valence-electron chi connectivity index (χ0n) is 19.0. The van der Waals surface area contributed by atoms with Crippen molar-refractivity contribution in [1.82, 2.24) is 10.2 Å². The van der Waals surface area contributed by atoms with E-state index in [0.717, 1.165) is 18.4 Å². The number of carbonyl (C=O) groups is 1. The lowest BCUT2D eigenvalue weighted by Gasteiger charge is -2.33. The smallest absolute Gasteiger partial charge is 0.270 e. The molecule has 0 aromatic heterocycles. The number of hydrogen-bond acceptors (Lipinski definition) is 7. The maximum absolute atomic E-state index is 13.0. The van der Waals surface area contributed by atoms with Crippen LogP contribution in [0.1, 0.15) is 28.8 Å². The van der Waals surface area contributed by atoms with E-state index in [-0.39, 0.29) is 42.2 Å². The van der Waals surface area contributed by atoms with Gasteiger partial charge in [0.15, 0.2) is 17.5 Å². The molecule has 0 unspecified atom stereocenters. The van der Waals surface area contributed by atoms with Crippen molar-refractivity contribution < 1.29 is 19.2 Å². The van der Waals surface area contributed by atoms with E-state index in [2.05, 4.69) is 10.6 Å². The predicted octanol–water partition coefficient (Wildman–Crippen LogP) is 2.73. The molecule has 1 amide bonds. The number of nitro benzene ring substituents is 1. The topological polar surface area (TPSA) is 156 Å². The summed E-state index contributed by atoms with van der Waals surface area (Å²) in [5.74, 6) is 0.726. The maximum Gasteiger partial charge on any atom is 0.270 e. The highest BCUT2D eigenvalue weighted by atomic mass is 35.5. The predicted molar refractivity (Wildman–Crippen MR) is 131 cm³/mol. The Morgan fingerprint density at radius 2 is 1.85 bits per heavy atom. The SMILES string of the molecule is COc1ccc(CNC(=O)c2cc([N+](=O)[O-])ccc2NC2CCN(C(=N)N)CC2)cc1OC.Cl. The molecule has 11 nitrogen and oxygen atoms in total. The Morgan fingerprint density at radius 1 is 1.18 bits per heavy atom. The summed E-state index contributed by atoms with van der Waals surface area (Å²) in [5.41, 5.74) is 6.89. The van der Waals surface area contributed by atoms with Gasteiger partial charge in [-0.05, 0) is 36.6 Å². The quantitative estimate of drug-likeness (QED) is 0.190. The lowest BCUT2D eigenvalue weighted by molar-refractivity contribution is -0.384. The number of halogens is 1. The van der Waals surface area contributed by atoms with Crippen LogP contribution >= 0.6 is 12.4 Å². The number of nitrogens with zero attached hydrogens (tertiary/aromatic N) is 2. The van der Waals surface area contributed by atoms with Crippen molar-refractivity contribution in [2.24, 2.45) is 5.73 Å². The van der Waals surface area contributed by atoms with Crippen LogP contribution in [0.2, 0.25) is 0 Å². The van der Waals surface area contributed by atoms with Crippen LogP contribution in [-0.2, 0) is 6.54 Å². The number of benzene rings is 2. The molecule has 0 saturated carbocycles. The third kappa shape index (κ3) is 6.41. The number of nitro groups is 1. The van der Waals surface area contributed by atoms with Crippen molar-refractivity contribution in [3.63, 3.8) is 0 Å². The van der Waals surface area contributed by atoms with Crippen LogP contribution in [0.25, 0.3) is 0 Å². The van der Waals surface area contributed by atoms with E-state index in [0.29, 0.717) is 30.3 Å². The summed E-state index contributed by atoms with van der Waals surface area (Å²) in [5, 5.41) is 25.0. The Bertz CT molecular complexity index is 1040. The van der Waals surface area contributed by atoms with Gasteiger partial charge < -0.3 is 30.7 Å². The first kappa shape index (κ1) is 26.5. The van der Waals surface area contributed by atoms with E-state index >= 15 is 0 Å². The standard InChI is InChI=1S/C22H28N6O5.ClH/c1-32-19-6-3-14(11-20(19)33-2)13-25-21(29)17-12-16(28(30)31)4-5-18(17)26-15-7-9-27(10-8-15)22(23)24;/h3-6,11-12,15,26H,7-10,13H2,1-2H3,(H3,23,24)(H,25,29);1H. The number of nitrogens with two attached hydrogens (primary N) is 1. The van der Waals surface area contributed by atoms with Gasteiger partial charge in [0.05, 0.1) is 24.7 Å². The van der Waals surface area contributed by atoms with Crippen molar-refractivity contribution in [3.8, 4) is 11.5 Å². The van der Waals surface area contributed by atoms with Crippen LogP contribution in [0.3, 0.4) is 0 Å². The first-order chi connectivity index (χ1) is 15.8. The normalized spacial score (nSPS) is 13.4. The summed E-state index contributed by atoms with van der Waals surface area (Å²) < 4.78 is 10.5. The van der Waals surface area contributed by atoms with Gasteiger partial charge in [-0.3, -0.25) is 20.3 Å². The van der Waals surface area contributed by atoms with Crippen molar-refractivity contribution >= 4 is 35.6 Å². The highest BCUT2D eigenvalue weighted by Crippen LogP contribution is 2.28. The number of carbonyl (C=O) groups excluding carboxylic acids is 1. The second-order valence-corrected chi connectivity index (χ2v) is 7.65. The summed E-state index contributed by atoms with van der Waals surface area (Å²) in [6.07, 6.45) is 1.45. The number of amides is 1. The summed E-state index contributed by atoms with van der Waals surface area (Å²) in [6.45, 7) is 1.46. The van der Waals surface area contributed by atoms with E-state index in [1.165, 1.54) is 19.2 Å². The number of guanidine groups is 1. The number of anilines is 1. The molecule has 0 radical (unpaired) electrons. The highest BCUT2D eigenvalue weighted by Gasteiger charge is 2.23. The lowest BCUT2D eigenvalue weighted by Crippen LogP contribution is -2.45. The molecule has 3 rings (SSSR count). The minimum atomic E-state index is -0.528. The Kier molecular flexibility index (Phi) is 9.31. The van der Waals surface area contributed by atoms with Gasteiger partial charge in [0.25, 0.3) is 11.6 Å². The van der Waals surface area contributed by atoms with Crippen LogP contribution in [0, 0.1) is 15.5 Å². The molecule has 0 aliphatic carbocycles. The van der Waals surface area contributed by atoms with Crippen LogP contribution < -0.4 is 25.8 Å². The van der Waals surface area contributed by atoms with Gasteiger partial charge in [0.2, 0.25) is 0 Å². The number of hydrogen-bond donors (Lipinski definition) is 4. The molecule has 2 aromatic rings. The van der Waals surface area contributed by atoms with Gasteiger partial charge in [-0.1, -0.05) is 6.07 Å². The first-order valence-corrected chi connectivity index (χ1v) is 10.5. The number of ether oxygens (including phenoxy) is 2. The molecule has 1 aliphatic heterocycles. The van der Waals surface area contributed by atoms with Gasteiger partial charge in [0, 0.05) is 43.5 Å². The molecule has 1 heterocycles. The van der Waals surface area contributed by atoms with Crippen LogP contribution in [0.4, 0.5) is 11.4 Å². The Hall–Kier alpha value is -3.73. The Morgan fingerprint density at radius 3 is 2.44 bits per heavy atom. The zero-order chi connectivity index (χ0) is 24.0. The molecule has 2 aromatic carbocycles. The Balaban J connectivity index is 0.00000408. The molecule has 1 aliphatic rings. The molecule has 0 bridgehead atoms. The largest absolute Gasteiger partial charge is 0.493 e. The van der Waals surface area contributed by atoms with E-state index < -0.39 is 10.8 Å². The van der Waals surface area contributed by atoms with E-state index in [4.69, 9.17) is 20.6 Å². The van der Waals surface area contributed by atoms with Crippen LogP contribution in [0.5, 0.6) is 11.5 Å². The number of non-ortho nitro benzene ring substituents is 1. The number of nitrogens with one attached hydrogen (secondary N) is 3. The van der Waals surface area contributed by atoms with Gasteiger partial charge in [0.1, 0.15) is 0 Å². The summed E-state index contributed by atoms with van der Waals surface area (Å²) >= 11 is 0. The average Bonchev–Trinajstić information content (AvgIpc) is 2.82. The highest BCUT2D eigenvalue weighted by molar-refractivity contribution is 6.00. The van der Waals surface area contributed by atoms with Crippen LogP contribution in [0.15, 0.2) is 36.4 Å². The molecule has 0 spiro atoms. The fourth-order valence-electron chi connectivity index (χ4n) is 3.71. The van der Waals surface area contributed by atoms with Gasteiger partial charge >= 0.3 is 0 Å². The maximum atomic E-state index is 13.0. The average molecular weight is 493 g/mol. The number of methoxy groups -OCH3 is 2. The van der Waals surface area contributed by atoms with Crippen molar-refractivity contribution in [1.29, 1.82) is 5.41 Å². The second-order valence-electron chi connectivity index (χ2n) is 7.65. The molecule has 12 heteroatoms.